The van der Waals surface area contributed by atoms with Crippen molar-refractivity contribution in [1.29, 1.82) is 0 Å². The Hall–Kier alpha value is -2.16. The highest BCUT2D eigenvalue weighted by atomic mass is 32.1. The quantitative estimate of drug-likeness (QED) is 0.880. The van der Waals surface area contributed by atoms with E-state index in [9.17, 15) is 4.79 Å². The molecule has 108 valence electrons. The summed E-state index contributed by atoms with van der Waals surface area (Å²) in [7, 11) is 0. The minimum atomic E-state index is -0.0144. The molecule has 0 saturated carbocycles. The molecular formula is C16H17N3OS. The number of thiophene rings is 1. The second-order valence-electron chi connectivity index (χ2n) is 4.31. The second kappa shape index (κ2) is 7.58. The molecule has 2 rings (SSSR count). The predicted octanol–water partition coefficient (Wildman–Crippen LogP) is 2.12. The van der Waals surface area contributed by atoms with E-state index in [0.29, 0.717) is 18.0 Å². The first-order valence-corrected chi connectivity index (χ1v) is 7.59. The van der Waals surface area contributed by atoms with Crippen LogP contribution in [0.5, 0.6) is 0 Å². The number of amides is 1. The van der Waals surface area contributed by atoms with Gasteiger partial charge >= 0.3 is 0 Å². The van der Waals surface area contributed by atoms with Crippen molar-refractivity contribution in [1.82, 2.24) is 9.88 Å². The van der Waals surface area contributed by atoms with Crippen LogP contribution in [-0.4, -0.2) is 28.9 Å². The number of rotatable bonds is 4. The zero-order valence-corrected chi connectivity index (χ0v) is 12.7. The molecule has 1 amide bonds. The Morgan fingerprint density at radius 2 is 2.29 bits per heavy atom. The van der Waals surface area contributed by atoms with Gasteiger partial charge in [0.05, 0.1) is 18.8 Å². The van der Waals surface area contributed by atoms with Gasteiger partial charge in [0.1, 0.15) is 4.88 Å². The van der Waals surface area contributed by atoms with Gasteiger partial charge in [0.15, 0.2) is 0 Å². The van der Waals surface area contributed by atoms with Gasteiger partial charge in [-0.2, -0.15) is 0 Å². The van der Waals surface area contributed by atoms with Crippen LogP contribution in [0.15, 0.2) is 35.8 Å². The predicted molar refractivity (Wildman–Crippen MR) is 84.9 cm³/mol. The van der Waals surface area contributed by atoms with E-state index in [2.05, 4.69) is 16.8 Å². The standard InChI is InChI=1S/C16H17N3OS/c1-2-19(12-14-7-3-4-10-18-14)16(20)15-13(6-5-9-17)8-11-21-15/h3-4,7-8,10-11H,2,9,12,17H2,1H3. The molecule has 0 radical (unpaired) electrons. The number of carbonyl (C=O) groups excluding carboxylic acids is 1. The Morgan fingerprint density at radius 1 is 1.43 bits per heavy atom. The summed E-state index contributed by atoms with van der Waals surface area (Å²) in [4.78, 5) is 19.3. The topological polar surface area (TPSA) is 59.2 Å². The third-order valence-electron chi connectivity index (χ3n) is 2.93. The summed E-state index contributed by atoms with van der Waals surface area (Å²) in [5.74, 6) is 5.73. The van der Waals surface area contributed by atoms with Gasteiger partial charge < -0.3 is 10.6 Å². The van der Waals surface area contributed by atoms with Crippen molar-refractivity contribution in [3.05, 3.63) is 52.0 Å². The van der Waals surface area contributed by atoms with Crippen LogP contribution in [0.4, 0.5) is 0 Å². The van der Waals surface area contributed by atoms with Gasteiger partial charge in [-0.05, 0) is 30.5 Å². The lowest BCUT2D eigenvalue weighted by atomic mass is 10.2. The summed E-state index contributed by atoms with van der Waals surface area (Å²) in [5.41, 5.74) is 7.00. The van der Waals surface area contributed by atoms with E-state index in [1.807, 2.05) is 36.6 Å². The molecule has 0 atom stereocenters. The number of nitrogens with two attached hydrogens (primary N) is 1. The maximum atomic E-state index is 12.6. The molecule has 4 nitrogen and oxygen atoms in total. The van der Waals surface area contributed by atoms with Crippen LogP contribution in [-0.2, 0) is 6.54 Å². The number of pyridine rings is 1. The van der Waals surface area contributed by atoms with Gasteiger partial charge in [-0.15, -0.1) is 11.3 Å². The third-order valence-corrected chi connectivity index (χ3v) is 3.83. The zero-order chi connectivity index (χ0) is 15.1. The lowest BCUT2D eigenvalue weighted by molar-refractivity contribution is 0.0755. The number of hydrogen-bond donors (Lipinski definition) is 1. The van der Waals surface area contributed by atoms with Crippen molar-refractivity contribution in [2.45, 2.75) is 13.5 Å². The minimum Gasteiger partial charge on any atom is -0.332 e. The van der Waals surface area contributed by atoms with Gasteiger partial charge in [-0.25, -0.2) is 0 Å². The lowest BCUT2D eigenvalue weighted by Gasteiger charge is -2.20. The molecule has 2 aromatic heterocycles. The van der Waals surface area contributed by atoms with Crippen molar-refractivity contribution in [2.75, 3.05) is 13.1 Å². The molecule has 5 heteroatoms. The molecule has 0 bridgehead atoms. The van der Waals surface area contributed by atoms with E-state index in [0.717, 1.165) is 11.3 Å². The largest absolute Gasteiger partial charge is 0.332 e. The van der Waals surface area contributed by atoms with E-state index in [1.165, 1.54) is 11.3 Å². The van der Waals surface area contributed by atoms with Crippen LogP contribution < -0.4 is 5.73 Å². The fourth-order valence-corrected chi connectivity index (χ4v) is 2.69. The smallest absolute Gasteiger partial charge is 0.265 e. The number of hydrogen-bond acceptors (Lipinski definition) is 4. The maximum absolute atomic E-state index is 12.6. The summed E-state index contributed by atoms with van der Waals surface area (Å²) in [6.45, 7) is 3.36. The SMILES string of the molecule is CCN(Cc1ccccn1)C(=O)c1sccc1C#CCN. The highest BCUT2D eigenvalue weighted by Gasteiger charge is 2.19. The molecule has 0 aromatic carbocycles. The molecule has 2 heterocycles. The average molecular weight is 299 g/mol. The van der Waals surface area contributed by atoms with Crippen LogP contribution in [0.3, 0.4) is 0 Å². The Kier molecular flexibility index (Phi) is 5.50. The summed E-state index contributed by atoms with van der Waals surface area (Å²) in [6.07, 6.45) is 1.73. The summed E-state index contributed by atoms with van der Waals surface area (Å²) in [6, 6.07) is 7.56. The lowest BCUT2D eigenvalue weighted by Crippen LogP contribution is -2.30. The molecular weight excluding hydrogens is 282 g/mol. The molecule has 0 saturated heterocycles. The molecule has 0 spiro atoms. The van der Waals surface area contributed by atoms with Gasteiger partial charge in [-0.1, -0.05) is 17.9 Å². The molecule has 2 aromatic rings. The van der Waals surface area contributed by atoms with Crippen LogP contribution >= 0.6 is 11.3 Å². The molecule has 0 fully saturated rings. The Morgan fingerprint density at radius 3 is 2.95 bits per heavy atom. The van der Waals surface area contributed by atoms with Gasteiger partial charge in [0, 0.05) is 18.3 Å². The van der Waals surface area contributed by atoms with Crippen molar-refractivity contribution in [3.63, 3.8) is 0 Å². The van der Waals surface area contributed by atoms with Crippen LogP contribution in [0, 0.1) is 11.8 Å². The van der Waals surface area contributed by atoms with Gasteiger partial charge in [0.2, 0.25) is 0 Å². The van der Waals surface area contributed by atoms with Crippen molar-refractivity contribution in [3.8, 4) is 11.8 Å². The Balaban J connectivity index is 2.19. The van der Waals surface area contributed by atoms with Gasteiger partial charge in [0.25, 0.3) is 5.91 Å². The molecule has 0 unspecified atom stereocenters. The minimum absolute atomic E-state index is 0.0144. The fraction of sp³-hybridized carbons (Fsp3) is 0.250. The first-order valence-electron chi connectivity index (χ1n) is 6.71. The fourth-order valence-electron chi connectivity index (χ4n) is 1.88. The number of nitrogens with zero attached hydrogens (tertiary/aromatic N) is 2. The number of aromatic nitrogens is 1. The van der Waals surface area contributed by atoms with E-state index in [1.54, 1.807) is 11.1 Å². The highest BCUT2D eigenvalue weighted by molar-refractivity contribution is 7.12. The third kappa shape index (κ3) is 3.91. The van der Waals surface area contributed by atoms with Crippen LogP contribution in [0.2, 0.25) is 0 Å². The summed E-state index contributed by atoms with van der Waals surface area (Å²) in [5, 5.41) is 1.88. The monoisotopic (exact) mass is 299 g/mol. The van der Waals surface area contributed by atoms with Crippen LogP contribution in [0.25, 0.3) is 0 Å². The van der Waals surface area contributed by atoms with Crippen molar-refractivity contribution < 1.29 is 4.79 Å². The first-order chi connectivity index (χ1) is 10.3. The number of carbonyl (C=O) groups is 1. The highest BCUT2D eigenvalue weighted by Crippen LogP contribution is 2.19. The van der Waals surface area contributed by atoms with Crippen molar-refractivity contribution >= 4 is 17.2 Å². The maximum Gasteiger partial charge on any atom is 0.265 e. The molecule has 21 heavy (non-hydrogen) atoms. The average Bonchev–Trinajstić information content (AvgIpc) is 2.99. The van der Waals surface area contributed by atoms with Crippen molar-refractivity contribution in [2.24, 2.45) is 5.73 Å². The molecule has 0 aliphatic rings. The van der Waals surface area contributed by atoms with E-state index in [4.69, 9.17) is 5.73 Å². The van der Waals surface area contributed by atoms with E-state index in [-0.39, 0.29) is 12.5 Å². The normalized spacial score (nSPS) is 9.81. The zero-order valence-electron chi connectivity index (χ0n) is 11.9. The first kappa shape index (κ1) is 15.2. The summed E-state index contributed by atoms with van der Waals surface area (Å²) < 4.78 is 0. The van der Waals surface area contributed by atoms with E-state index < -0.39 is 0 Å². The molecule has 0 aliphatic heterocycles. The Bertz CT molecular complexity index is 655. The van der Waals surface area contributed by atoms with Crippen LogP contribution in [0.1, 0.15) is 27.9 Å². The van der Waals surface area contributed by atoms with Gasteiger partial charge in [-0.3, -0.25) is 9.78 Å². The summed E-state index contributed by atoms with van der Waals surface area (Å²) >= 11 is 1.41. The van der Waals surface area contributed by atoms with E-state index >= 15 is 0 Å². The molecule has 0 aliphatic carbocycles. The Labute approximate surface area is 128 Å². The second-order valence-corrected chi connectivity index (χ2v) is 5.23. The molecule has 2 N–H and O–H groups in total.